The van der Waals surface area contributed by atoms with Crippen molar-refractivity contribution in [3.8, 4) is 5.75 Å². The van der Waals surface area contributed by atoms with Gasteiger partial charge in [0.15, 0.2) is 6.61 Å². The van der Waals surface area contributed by atoms with Gasteiger partial charge in [0.1, 0.15) is 5.75 Å². The molecule has 0 aromatic heterocycles. The standard InChI is InChI=1S/C14H19N3O5/c1-9-10(17(20)21)6-5-7-11(9)22-8-12(18)15-13(19)16-14(2,3)4/h5-7H,8H2,1-4H3,(H2,15,16,18,19). The minimum absolute atomic E-state index is 0.0941. The maximum Gasteiger partial charge on any atom is 0.321 e. The summed E-state index contributed by atoms with van der Waals surface area (Å²) in [6.45, 7) is 6.44. The molecule has 0 aliphatic rings. The number of amides is 3. The maximum atomic E-state index is 11.6. The summed E-state index contributed by atoms with van der Waals surface area (Å²) in [6.07, 6.45) is 0. The Morgan fingerprint density at radius 2 is 1.95 bits per heavy atom. The molecule has 8 nitrogen and oxygen atoms in total. The van der Waals surface area contributed by atoms with Crippen LogP contribution in [0.25, 0.3) is 0 Å². The Balaban J connectivity index is 2.60. The summed E-state index contributed by atoms with van der Waals surface area (Å²) in [5, 5.41) is 15.5. The number of hydrogen-bond donors (Lipinski definition) is 2. The Hall–Kier alpha value is -2.64. The first-order chi connectivity index (χ1) is 10.1. The van der Waals surface area contributed by atoms with Crippen molar-refractivity contribution in [3.05, 3.63) is 33.9 Å². The van der Waals surface area contributed by atoms with E-state index in [2.05, 4.69) is 10.6 Å². The number of nitrogens with zero attached hydrogens (tertiary/aromatic N) is 1. The molecule has 22 heavy (non-hydrogen) atoms. The lowest BCUT2D eigenvalue weighted by atomic mass is 10.1. The zero-order chi connectivity index (χ0) is 16.9. The first kappa shape index (κ1) is 17.4. The first-order valence-electron chi connectivity index (χ1n) is 6.59. The number of hydrogen-bond acceptors (Lipinski definition) is 5. The van der Waals surface area contributed by atoms with E-state index in [1.165, 1.54) is 25.1 Å². The van der Waals surface area contributed by atoms with E-state index in [1.807, 2.05) is 0 Å². The number of carbonyl (C=O) groups is 2. The third kappa shape index (κ3) is 5.39. The van der Waals surface area contributed by atoms with E-state index in [4.69, 9.17) is 4.74 Å². The van der Waals surface area contributed by atoms with Crippen LogP contribution in [0, 0.1) is 17.0 Å². The Labute approximate surface area is 128 Å². The maximum absolute atomic E-state index is 11.6. The van der Waals surface area contributed by atoms with Crippen LogP contribution in [-0.2, 0) is 4.79 Å². The Kier molecular flexibility index (Phi) is 5.44. The van der Waals surface area contributed by atoms with Crippen molar-refractivity contribution in [1.29, 1.82) is 0 Å². The topological polar surface area (TPSA) is 111 Å². The van der Waals surface area contributed by atoms with E-state index in [9.17, 15) is 19.7 Å². The Morgan fingerprint density at radius 1 is 1.32 bits per heavy atom. The molecule has 0 unspecified atom stereocenters. The molecule has 0 saturated carbocycles. The number of benzene rings is 1. The highest BCUT2D eigenvalue weighted by Crippen LogP contribution is 2.26. The number of nitro groups is 1. The van der Waals surface area contributed by atoms with Crippen molar-refractivity contribution in [2.24, 2.45) is 0 Å². The van der Waals surface area contributed by atoms with Gasteiger partial charge in [-0.3, -0.25) is 20.2 Å². The minimum Gasteiger partial charge on any atom is -0.483 e. The fourth-order valence-corrected chi connectivity index (χ4v) is 1.63. The Morgan fingerprint density at radius 3 is 2.50 bits per heavy atom. The van der Waals surface area contributed by atoms with Crippen LogP contribution >= 0.6 is 0 Å². The highest BCUT2D eigenvalue weighted by molar-refractivity contribution is 5.95. The molecule has 0 fully saturated rings. The number of urea groups is 1. The molecule has 0 atom stereocenters. The Bertz CT molecular complexity index is 593. The monoisotopic (exact) mass is 309 g/mol. The lowest BCUT2D eigenvalue weighted by molar-refractivity contribution is -0.385. The summed E-state index contributed by atoms with van der Waals surface area (Å²) < 4.78 is 5.22. The molecule has 1 aromatic rings. The van der Waals surface area contributed by atoms with Gasteiger partial charge in [-0.1, -0.05) is 6.07 Å². The zero-order valence-electron chi connectivity index (χ0n) is 12.9. The van der Waals surface area contributed by atoms with Crippen LogP contribution in [0.3, 0.4) is 0 Å². The van der Waals surface area contributed by atoms with Crippen molar-refractivity contribution >= 4 is 17.6 Å². The van der Waals surface area contributed by atoms with Gasteiger partial charge in [0.05, 0.1) is 10.5 Å². The highest BCUT2D eigenvalue weighted by Gasteiger charge is 2.17. The molecule has 0 heterocycles. The summed E-state index contributed by atoms with van der Waals surface area (Å²) in [7, 11) is 0. The predicted octanol–water partition coefficient (Wildman–Crippen LogP) is 1.91. The number of ether oxygens (including phenoxy) is 1. The SMILES string of the molecule is Cc1c(OCC(=O)NC(=O)NC(C)(C)C)cccc1[N+](=O)[O-]. The molecule has 8 heteroatoms. The van der Waals surface area contributed by atoms with E-state index in [0.717, 1.165) is 0 Å². The summed E-state index contributed by atoms with van der Waals surface area (Å²) in [5.74, 6) is -0.423. The summed E-state index contributed by atoms with van der Waals surface area (Å²) in [5.41, 5.74) is -0.246. The van der Waals surface area contributed by atoms with Gasteiger partial charge in [-0.15, -0.1) is 0 Å². The van der Waals surface area contributed by atoms with Gasteiger partial charge in [-0.25, -0.2) is 4.79 Å². The lowest BCUT2D eigenvalue weighted by Crippen LogP contribution is -2.49. The highest BCUT2D eigenvalue weighted by atomic mass is 16.6. The van der Waals surface area contributed by atoms with E-state index in [-0.39, 0.29) is 11.4 Å². The largest absolute Gasteiger partial charge is 0.483 e. The van der Waals surface area contributed by atoms with Gasteiger partial charge in [0, 0.05) is 11.6 Å². The van der Waals surface area contributed by atoms with E-state index >= 15 is 0 Å². The first-order valence-corrected chi connectivity index (χ1v) is 6.59. The number of imide groups is 1. The van der Waals surface area contributed by atoms with Crippen LogP contribution in [0.15, 0.2) is 18.2 Å². The van der Waals surface area contributed by atoms with Crippen molar-refractivity contribution in [2.75, 3.05) is 6.61 Å². The molecule has 120 valence electrons. The molecule has 0 spiro atoms. The fourth-order valence-electron chi connectivity index (χ4n) is 1.63. The van der Waals surface area contributed by atoms with Crippen LogP contribution in [-0.4, -0.2) is 29.0 Å². The second kappa shape index (κ2) is 6.88. The van der Waals surface area contributed by atoms with Crippen molar-refractivity contribution in [1.82, 2.24) is 10.6 Å². The molecule has 3 amide bonds. The molecule has 1 rings (SSSR count). The summed E-state index contributed by atoms with van der Waals surface area (Å²) in [4.78, 5) is 33.4. The van der Waals surface area contributed by atoms with Gasteiger partial charge >= 0.3 is 6.03 Å². The quantitative estimate of drug-likeness (QED) is 0.652. The van der Waals surface area contributed by atoms with Crippen molar-refractivity contribution in [2.45, 2.75) is 33.2 Å². The minimum atomic E-state index is -0.646. The molecule has 0 bridgehead atoms. The van der Waals surface area contributed by atoms with E-state index < -0.39 is 29.0 Å². The van der Waals surface area contributed by atoms with Gasteiger partial charge in [-0.05, 0) is 33.8 Å². The zero-order valence-corrected chi connectivity index (χ0v) is 12.9. The molecule has 0 radical (unpaired) electrons. The lowest BCUT2D eigenvalue weighted by Gasteiger charge is -2.20. The van der Waals surface area contributed by atoms with Crippen LogP contribution in [0.1, 0.15) is 26.3 Å². The second-order valence-electron chi connectivity index (χ2n) is 5.70. The summed E-state index contributed by atoms with van der Waals surface area (Å²) >= 11 is 0. The smallest absolute Gasteiger partial charge is 0.321 e. The van der Waals surface area contributed by atoms with Gasteiger partial charge in [-0.2, -0.15) is 0 Å². The third-order valence-corrected chi connectivity index (χ3v) is 2.55. The number of nitrogens with one attached hydrogen (secondary N) is 2. The van der Waals surface area contributed by atoms with Gasteiger partial charge in [0.2, 0.25) is 0 Å². The van der Waals surface area contributed by atoms with E-state index in [1.54, 1.807) is 20.8 Å². The predicted molar refractivity (Wildman–Crippen MR) is 79.8 cm³/mol. The van der Waals surface area contributed by atoms with Crippen LogP contribution in [0.2, 0.25) is 0 Å². The average molecular weight is 309 g/mol. The van der Waals surface area contributed by atoms with Crippen LogP contribution in [0.4, 0.5) is 10.5 Å². The molecular formula is C14H19N3O5. The number of carbonyl (C=O) groups excluding carboxylic acids is 2. The van der Waals surface area contributed by atoms with Crippen molar-refractivity contribution in [3.63, 3.8) is 0 Å². The molecule has 0 aliphatic heterocycles. The van der Waals surface area contributed by atoms with Gasteiger partial charge < -0.3 is 10.1 Å². The second-order valence-corrected chi connectivity index (χ2v) is 5.70. The molecule has 1 aromatic carbocycles. The normalized spacial score (nSPS) is 10.7. The average Bonchev–Trinajstić information content (AvgIpc) is 2.34. The molecule has 0 aliphatic carbocycles. The molecule has 2 N–H and O–H groups in total. The number of rotatable bonds is 4. The van der Waals surface area contributed by atoms with E-state index in [0.29, 0.717) is 5.56 Å². The van der Waals surface area contributed by atoms with Gasteiger partial charge in [0.25, 0.3) is 11.6 Å². The molecule has 0 saturated heterocycles. The third-order valence-electron chi connectivity index (χ3n) is 2.55. The molecular weight excluding hydrogens is 290 g/mol. The van der Waals surface area contributed by atoms with Crippen LogP contribution < -0.4 is 15.4 Å². The van der Waals surface area contributed by atoms with Crippen LogP contribution in [0.5, 0.6) is 5.75 Å². The fraction of sp³-hybridized carbons (Fsp3) is 0.429. The summed E-state index contributed by atoms with van der Waals surface area (Å²) in [6, 6.07) is 3.70. The van der Waals surface area contributed by atoms with Crippen molar-refractivity contribution < 1.29 is 19.2 Å². The number of nitro benzene ring substituents is 1.